The lowest BCUT2D eigenvalue weighted by atomic mass is 9.66. The second-order valence-corrected chi connectivity index (χ2v) is 12.5. The number of rotatable bonds is 5. The molecule has 41 heavy (non-hydrogen) atoms. The van der Waals surface area contributed by atoms with Gasteiger partial charge in [0, 0.05) is 42.7 Å². The smallest absolute Gasteiger partial charge is 0.426 e. The van der Waals surface area contributed by atoms with E-state index >= 15 is 0 Å². The Kier molecular flexibility index (Phi) is 7.14. The Morgan fingerprint density at radius 3 is 2.24 bits per heavy atom. The number of likely N-dealkylation sites (tertiary alicyclic amines) is 1. The molecular weight excluding hydrogens is 543 g/mol. The average molecular weight is 579 g/mol. The Labute approximate surface area is 236 Å². The van der Waals surface area contributed by atoms with Gasteiger partial charge in [-0.3, -0.25) is 9.59 Å². The van der Waals surface area contributed by atoms with Crippen LogP contribution in [0.2, 0.25) is 0 Å². The number of benzene rings is 2. The van der Waals surface area contributed by atoms with E-state index in [1.807, 2.05) is 4.90 Å². The van der Waals surface area contributed by atoms with Gasteiger partial charge in [0.25, 0.3) is 0 Å². The summed E-state index contributed by atoms with van der Waals surface area (Å²) in [6.07, 6.45) is -2.37. The SMILES string of the molecule is CN1CC2N(C(=O)C3CCC(C)(C(=O)O)CC3)CCC2(Cc2ccc(F)cc2)c2ccc(C(C)(F)C(F)(F)F)cc21. The van der Waals surface area contributed by atoms with Crippen molar-refractivity contribution in [3.05, 3.63) is 65.0 Å². The van der Waals surface area contributed by atoms with Crippen LogP contribution in [-0.2, 0) is 27.1 Å². The lowest BCUT2D eigenvalue weighted by Crippen LogP contribution is -2.56. The number of likely N-dealkylation sites (N-methyl/N-ethyl adjacent to an activating group) is 1. The summed E-state index contributed by atoms with van der Waals surface area (Å²) < 4.78 is 69.4. The summed E-state index contributed by atoms with van der Waals surface area (Å²) in [5, 5.41) is 9.61. The highest BCUT2D eigenvalue weighted by molar-refractivity contribution is 5.82. The number of nitrogens with zero attached hydrogens (tertiary/aromatic N) is 2. The van der Waals surface area contributed by atoms with Crippen LogP contribution >= 0.6 is 0 Å². The number of carbonyl (C=O) groups is 2. The van der Waals surface area contributed by atoms with E-state index in [0.717, 1.165) is 11.1 Å². The van der Waals surface area contributed by atoms with Gasteiger partial charge in [-0.15, -0.1) is 0 Å². The Bertz CT molecular complexity index is 1330. The molecular formula is C31H35F5N2O3. The maximum atomic E-state index is 15.0. The van der Waals surface area contributed by atoms with Crippen LogP contribution in [0.4, 0.5) is 27.6 Å². The summed E-state index contributed by atoms with van der Waals surface area (Å²) >= 11 is 0. The third kappa shape index (κ3) is 4.87. The topological polar surface area (TPSA) is 60.9 Å². The Balaban J connectivity index is 1.53. The molecule has 3 unspecified atom stereocenters. The number of anilines is 1. The molecule has 2 fully saturated rings. The van der Waals surface area contributed by atoms with E-state index in [1.54, 1.807) is 37.1 Å². The Morgan fingerprint density at radius 2 is 1.66 bits per heavy atom. The van der Waals surface area contributed by atoms with Gasteiger partial charge in [-0.1, -0.05) is 24.3 Å². The number of aliphatic carboxylic acids is 1. The first-order valence-corrected chi connectivity index (χ1v) is 14.0. The molecule has 1 saturated heterocycles. The molecule has 1 aliphatic carbocycles. The third-order valence-electron chi connectivity index (χ3n) is 9.95. The molecule has 3 aliphatic rings. The highest BCUT2D eigenvalue weighted by Crippen LogP contribution is 2.52. The van der Waals surface area contributed by atoms with Crippen LogP contribution in [0.25, 0.3) is 0 Å². The lowest BCUT2D eigenvalue weighted by Gasteiger charge is -2.48. The van der Waals surface area contributed by atoms with Crippen molar-refractivity contribution in [3.63, 3.8) is 0 Å². The molecule has 3 atom stereocenters. The molecule has 1 saturated carbocycles. The number of fused-ring (bicyclic) bond motifs is 3. The van der Waals surface area contributed by atoms with E-state index in [0.29, 0.717) is 64.2 Å². The van der Waals surface area contributed by atoms with E-state index in [9.17, 15) is 36.6 Å². The van der Waals surface area contributed by atoms with Crippen molar-refractivity contribution in [2.45, 2.75) is 75.7 Å². The molecule has 0 bridgehead atoms. The number of alkyl halides is 4. The van der Waals surface area contributed by atoms with E-state index in [-0.39, 0.29) is 23.7 Å². The zero-order valence-corrected chi connectivity index (χ0v) is 23.4. The van der Waals surface area contributed by atoms with Crippen molar-refractivity contribution in [2.75, 3.05) is 25.0 Å². The second kappa shape index (κ2) is 9.98. The fourth-order valence-corrected chi connectivity index (χ4v) is 7.09. The maximum Gasteiger partial charge on any atom is 0.426 e. The van der Waals surface area contributed by atoms with Gasteiger partial charge in [-0.25, -0.2) is 8.78 Å². The first kappa shape index (κ1) is 29.3. The Morgan fingerprint density at radius 1 is 1.02 bits per heavy atom. The minimum absolute atomic E-state index is 0.0368. The summed E-state index contributed by atoms with van der Waals surface area (Å²) in [5.74, 6) is -1.59. The molecule has 2 aromatic carbocycles. The molecule has 2 aromatic rings. The van der Waals surface area contributed by atoms with Crippen LogP contribution in [0.1, 0.15) is 62.6 Å². The van der Waals surface area contributed by atoms with Crippen LogP contribution in [0, 0.1) is 17.2 Å². The minimum Gasteiger partial charge on any atom is -0.481 e. The first-order chi connectivity index (χ1) is 19.1. The van der Waals surface area contributed by atoms with Crippen LogP contribution in [0.3, 0.4) is 0 Å². The standard InChI is InChI=1S/C31H35F5N2O3/c1-28(27(40)41)12-10-20(11-13-28)26(39)38-15-14-30(17-19-4-7-22(32)8-5-19)23-9-6-21(29(2,33)31(34,35)36)16-24(23)37(3)18-25(30)38/h4-9,16,20,25H,10-15,17-18H2,1-3H3,(H,40,41). The maximum absolute atomic E-state index is 15.0. The van der Waals surface area contributed by atoms with Gasteiger partial charge in [0.2, 0.25) is 11.6 Å². The molecule has 1 N–H and O–H groups in total. The van der Waals surface area contributed by atoms with Crippen LogP contribution in [0.15, 0.2) is 42.5 Å². The quantitative estimate of drug-likeness (QED) is 0.418. The van der Waals surface area contributed by atoms with Gasteiger partial charge in [-0.05, 0) is 81.7 Å². The molecule has 1 amide bonds. The third-order valence-corrected chi connectivity index (χ3v) is 9.95. The summed E-state index contributed by atoms with van der Waals surface area (Å²) in [6.45, 7) is 2.99. The number of halogens is 5. The van der Waals surface area contributed by atoms with Crippen LogP contribution < -0.4 is 4.90 Å². The number of carboxylic acid groups (broad SMARTS) is 1. The normalized spacial score (nSPS) is 29.5. The number of carbonyl (C=O) groups excluding carboxylic acids is 1. The molecule has 5 nitrogen and oxygen atoms in total. The van der Waals surface area contributed by atoms with E-state index in [1.165, 1.54) is 24.3 Å². The van der Waals surface area contributed by atoms with Crippen LogP contribution in [-0.4, -0.2) is 54.2 Å². The van der Waals surface area contributed by atoms with Crippen LogP contribution in [0.5, 0.6) is 0 Å². The van der Waals surface area contributed by atoms with E-state index < -0.39 is 34.2 Å². The second-order valence-electron chi connectivity index (χ2n) is 12.5. The molecule has 5 rings (SSSR count). The van der Waals surface area contributed by atoms with Crippen molar-refractivity contribution >= 4 is 17.6 Å². The molecule has 0 spiro atoms. The molecule has 0 aromatic heterocycles. The zero-order valence-electron chi connectivity index (χ0n) is 23.4. The number of hydrogen-bond donors (Lipinski definition) is 1. The molecule has 0 radical (unpaired) electrons. The van der Waals surface area contributed by atoms with E-state index in [4.69, 9.17) is 0 Å². The van der Waals surface area contributed by atoms with Gasteiger partial charge in [0.05, 0.1) is 11.5 Å². The average Bonchev–Trinajstić information content (AvgIpc) is 3.28. The van der Waals surface area contributed by atoms with E-state index in [2.05, 4.69) is 0 Å². The summed E-state index contributed by atoms with van der Waals surface area (Å²) in [4.78, 5) is 29.3. The number of hydrogen-bond acceptors (Lipinski definition) is 3. The molecule has 2 aliphatic heterocycles. The largest absolute Gasteiger partial charge is 0.481 e. The van der Waals surface area contributed by atoms with Gasteiger partial charge in [-0.2, -0.15) is 13.2 Å². The molecule has 222 valence electrons. The Hall–Kier alpha value is -3.17. The summed E-state index contributed by atoms with van der Waals surface area (Å²) in [5.41, 5.74) is -3.50. The van der Waals surface area contributed by atoms with Crippen molar-refractivity contribution in [2.24, 2.45) is 11.3 Å². The summed E-state index contributed by atoms with van der Waals surface area (Å²) in [7, 11) is 1.73. The highest BCUT2D eigenvalue weighted by atomic mass is 19.4. The summed E-state index contributed by atoms with van der Waals surface area (Å²) in [6, 6.07) is 9.76. The van der Waals surface area contributed by atoms with Crippen molar-refractivity contribution < 1.29 is 36.6 Å². The van der Waals surface area contributed by atoms with Gasteiger partial charge < -0.3 is 14.9 Å². The molecule has 2 heterocycles. The lowest BCUT2D eigenvalue weighted by molar-refractivity contribution is -0.228. The predicted molar refractivity (Wildman–Crippen MR) is 144 cm³/mol. The monoisotopic (exact) mass is 578 g/mol. The van der Waals surface area contributed by atoms with Gasteiger partial charge in [0.15, 0.2) is 0 Å². The predicted octanol–water partition coefficient (Wildman–Crippen LogP) is 6.39. The minimum atomic E-state index is -5.09. The fraction of sp³-hybridized carbons (Fsp3) is 0.548. The molecule has 10 heteroatoms. The fourth-order valence-electron chi connectivity index (χ4n) is 7.09. The number of carboxylic acids is 1. The zero-order chi connectivity index (χ0) is 30.0. The van der Waals surface area contributed by atoms with Crippen molar-refractivity contribution in [3.8, 4) is 0 Å². The first-order valence-electron chi connectivity index (χ1n) is 14.0. The highest BCUT2D eigenvalue weighted by Gasteiger charge is 2.57. The van der Waals surface area contributed by atoms with Crippen molar-refractivity contribution in [1.29, 1.82) is 0 Å². The van der Waals surface area contributed by atoms with Gasteiger partial charge in [0.1, 0.15) is 5.82 Å². The van der Waals surface area contributed by atoms with Gasteiger partial charge >= 0.3 is 12.1 Å². The number of amides is 1. The van der Waals surface area contributed by atoms with Crippen molar-refractivity contribution in [1.82, 2.24) is 4.90 Å².